The molecular weight excluding hydrogens is 360 g/mol. The minimum atomic E-state index is -4.61. The molecule has 0 spiro atoms. The molecule has 0 aliphatic heterocycles. The van der Waals surface area contributed by atoms with Gasteiger partial charge in [-0.1, -0.05) is 0 Å². The zero-order chi connectivity index (χ0) is 18.8. The van der Waals surface area contributed by atoms with E-state index in [9.17, 15) is 27.9 Å². The first kappa shape index (κ1) is 17.9. The van der Waals surface area contributed by atoms with Crippen LogP contribution in [0.5, 0.6) is 11.6 Å². The number of aromatic carboxylic acids is 1. The van der Waals surface area contributed by atoms with E-state index < -0.39 is 56.2 Å². The van der Waals surface area contributed by atoms with Crippen molar-refractivity contribution in [2.24, 2.45) is 0 Å². The number of hydrogen-bond acceptors (Lipinski definition) is 8. The van der Waals surface area contributed by atoms with Gasteiger partial charge in [0.15, 0.2) is 6.61 Å². The Bertz CT molecular complexity index is 1010. The van der Waals surface area contributed by atoms with Gasteiger partial charge in [0, 0.05) is 12.1 Å². The van der Waals surface area contributed by atoms with Gasteiger partial charge in [0.05, 0.1) is 4.90 Å². The maximum absolute atomic E-state index is 12.5. The first-order valence-corrected chi connectivity index (χ1v) is 7.84. The lowest BCUT2D eigenvalue weighted by molar-refractivity contribution is -0.139. The van der Waals surface area contributed by atoms with E-state index in [4.69, 9.17) is 14.9 Å². The normalized spacial score (nSPS) is 11.0. The fourth-order valence-corrected chi connectivity index (χ4v) is 2.90. The highest BCUT2D eigenvalue weighted by atomic mass is 32.2. The summed E-state index contributed by atoms with van der Waals surface area (Å²) in [5.74, 6) is -4.02. The molecule has 0 aliphatic rings. The van der Waals surface area contributed by atoms with Crippen molar-refractivity contribution in [3.8, 4) is 11.6 Å². The summed E-state index contributed by atoms with van der Waals surface area (Å²) in [4.78, 5) is 32.6. The summed E-state index contributed by atoms with van der Waals surface area (Å²) in [7, 11) is -4.61. The Morgan fingerprint density at radius 3 is 2.44 bits per heavy atom. The van der Waals surface area contributed by atoms with Crippen molar-refractivity contribution in [1.82, 2.24) is 9.19 Å². The quantitative estimate of drug-likeness (QED) is 0.592. The van der Waals surface area contributed by atoms with Gasteiger partial charge in [0.1, 0.15) is 11.3 Å². The van der Waals surface area contributed by atoms with Gasteiger partial charge in [0.25, 0.3) is 15.6 Å². The number of ether oxygens (including phenoxy) is 1. The van der Waals surface area contributed by atoms with E-state index in [1.807, 2.05) is 0 Å². The number of carbonyl (C=O) groups is 2. The molecule has 0 unspecified atom stereocenters. The third kappa shape index (κ3) is 3.74. The molecule has 12 heteroatoms. The lowest BCUT2D eigenvalue weighted by Gasteiger charge is -2.09. The Morgan fingerprint density at radius 2 is 1.84 bits per heavy atom. The standard InChI is InChI=1S/C13H10N2O9S/c16-9-2-1-7(5-8(9)13(20)21)25(22,23)15-11(17)4-3-10(14-15)24-6-12(18)19/h1-5,16H,6H2,(H,18,19)(H,20,21). The van der Waals surface area contributed by atoms with Crippen molar-refractivity contribution in [3.63, 3.8) is 0 Å². The largest absolute Gasteiger partial charge is 0.507 e. The van der Waals surface area contributed by atoms with E-state index in [-0.39, 0.29) is 4.09 Å². The Balaban J connectivity index is 2.55. The molecule has 11 nitrogen and oxygen atoms in total. The molecule has 3 N–H and O–H groups in total. The fourth-order valence-electron chi connectivity index (χ4n) is 1.71. The molecule has 0 saturated carbocycles. The van der Waals surface area contributed by atoms with E-state index in [0.29, 0.717) is 6.07 Å². The summed E-state index contributed by atoms with van der Waals surface area (Å²) in [6.07, 6.45) is 0. The Kier molecular flexibility index (Phi) is 4.74. The highest BCUT2D eigenvalue weighted by Crippen LogP contribution is 2.22. The molecule has 1 aromatic heterocycles. The van der Waals surface area contributed by atoms with Crippen LogP contribution in [0.2, 0.25) is 0 Å². The van der Waals surface area contributed by atoms with E-state index >= 15 is 0 Å². The summed E-state index contributed by atoms with van der Waals surface area (Å²) in [5.41, 5.74) is -1.76. The third-order valence-corrected chi connectivity index (χ3v) is 4.38. The molecule has 25 heavy (non-hydrogen) atoms. The Hall–Kier alpha value is -3.41. The van der Waals surface area contributed by atoms with Crippen LogP contribution in [0.3, 0.4) is 0 Å². The zero-order valence-electron chi connectivity index (χ0n) is 12.2. The lowest BCUT2D eigenvalue weighted by atomic mass is 10.2. The van der Waals surface area contributed by atoms with Crippen molar-refractivity contribution >= 4 is 22.0 Å². The van der Waals surface area contributed by atoms with Crippen LogP contribution in [0.1, 0.15) is 10.4 Å². The van der Waals surface area contributed by atoms with Crippen LogP contribution in [-0.4, -0.2) is 51.5 Å². The molecule has 2 rings (SSSR count). The molecular formula is C13H10N2O9S. The van der Waals surface area contributed by atoms with Crippen LogP contribution < -0.4 is 10.3 Å². The highest BCUT2D eigenvalue weighted by Gasteiger charge is 2.23. The number of phenols is 1. The number of hydrogen-bond donors (Lipinski definition) is 3. The number of nitrogens with zero attached hydrogens (tertiary/aromatic N) is 2. The van der Waals surface area contributed by atoms with Crippen LogP contribution in [0.4, 0.5) is 0 Å². The smallest absolute Gasteiger partial charge is 0.341 e. The predicted octanol–water partition coefficient (Wildman–Crippen LogP) is -0.652. The maximum Gasteiger partial charge on any atom is 0.341 e. The minimum absolute atomic E-state index is 0.0300. The molecule has 2 aromatic rings. The number of carboxylic acid groups (broad SMARTS) is 2. The minimum Gasteiger partial charge on any atom is -0.507 e. The van der Waals surface area contributed by atoms with Crippen molar-refractivity contribution in [2.45, 2.75) is 4.90 Å². The first-order chi connectivity index (χ1) is 11.6. The van der Waals surface area contributed by atoms with Gasteiger partial charge in [-0.25, -0.2) is 9.59 Å². The first-order valence-electron chi connectivity index (χ1n) is 6.40. The highest BCUT2D eigenvalue weighted by molar-refractivity contribution is 7.89. The van der Waals surface area contributed by atoms with Gasteiger partial charge < -0.3 is 20.1 Å². The molecule has 0 atom stereocenters. The number of rotatable bonds is 6. The molecule has 132 valence electrons. The molecule has 0 bridgehead atoms. The molecule has 1 aromatic carbocycles. The molecule has 0 fully saturated rings. The predicted molar refractivity (Wildman–Crippen MR) is 79.3 cm³/mol. The number of aliphatic carboxylic acids is 1. The topological polar surface area (TPSA) is 173 Å². The van der Waals surface area contributed by atoms with Crippen LogP contribution in [-0.2, 0) is 14.8 Å². The molecule has 0 radical (unpaired) electrons. The monoisotopic (exact) mass is 370 g/mol. The van der Waals surface area contributed by atoms with Crippen LogP contribution in [0.25, 0.3) is 0 Å². The average molecular weight is 370 g/mol. The second-order valence-electron chi connectivity index (χ2n) is 4.52. The van der Waals surface area contributed by atoms with Crippen LogP contribution >= 0.6 is 0 Å². The number of carboxylic acids is 2. The zero-order valence-corrected chi connectivity index (χ0v) is 13.0. The second-order valence-corrected chi connectivity index (χ2v) is 6.29. The summed E-state index contributed by atoms with van der Waals surface area (Å²) in [6.45, 7) is -0.812. The van der Waals surface area contributed by atoms with Gasteiger partial charge in [0.2, 0.25) is 5.88 Å². The lowest BCUT2D eigenvalue weighted by Crippen LogP contribution is -2.30. The Labute approximate surface area is 139 Å². The maximum atomic E-state index is 12.5. The van der Waals surface area contributed by atoms with Gasteiger partial charge in [-0.15, -0.1) is 9.19 Å². The van der Waals surface area contributed by atoms with Crippen LogP contribution in [0, 0.1) is 0 Å². The SMILES string of the molecule is O=C(O)COc1ccc(=O)n(S(=O)(=O)c2ccc(O)c(C(=O)O)c2)n1. The second kappa shape index (κ2) is 6.60. The van der Waals surface area contributed by atoms with E-state index in [1.54, 1.807) is 0 Å². The molecule has 0 saturated heterocycles. The molecule has 0 aliphatic carbocycles. The van der Waals surface area contributed by atoms with Gasteiger partial charge in [-0.05, 0) is 18.2 Å². The van der Waals surface area contributed by atoms with E-state index in [1.165, 1.54) is 0 Å². The van der Waals surface area contributed by atoms with E-state index in [2.05, 4.69) is 5.10 Å². The molecule has 0 amide bonds. The number of benzene rings is 1. The molecule has 1 heterocycles. The van der Waals surface area contributed by atoms with Crippen molar-refractivity contribution in [1.29, 1.82) is 0 Å². The average Bonchev–Trinajstić information content (AvgIpc) is 2.53. The van der Waals surface area contributed by atoms with Gasteiger partial charge in [-0.3, -0.25) is 4.79 Å². The number of aromatic hydroxyl groups is 1. The number of aromatic nitrogens is 2. The Morgan fingerprint density at radius 1 is 1.16 bits per heavy atom. The summed E-state index contributed by atoms with van der Waals surface area (Å²) in [5, 5.41) is 30.3. The van der Waals surface area contributed by atoms with Crippen LogP contribution in [0.15, 0.2) is 40.0 Å². The fraction of sp³-hybridized carbons (Fsp3) is 0.0769. The van der Waals surface area contributed by atoms with Gasteiger partial charge in [-0.2, -0.15) is 8.42 Å². The van der Waals surface area contributed by atoms with E-state index in [0.717, 1.165) is 24.3 Å². The summed E-state index contributed by atoms with van der Waals surface area (Å²) < 4.78 is 29.7. The van der Waals surface area contributed by atoms with Crippen molar-refractivity contribution in [2.75, 3.05) is 6.61 Å². The summed E-state index contributed by atoms with van der Waals surface area (Å²) >= 11 is 0. The summed E-state index contributed by atoms with van der Waals surface area (Å²) in [6, 6.07) is 4.16. The van der Waals surface area contributed by atoms with Gasteiger partial charge >= 0.3 is 11.9 Å². The van der Waals surface area contributed by atoms with Crippen molar-refractivity contribution < 1.29 is 38.1 Å². The van der Waals surface area contributed by atoms with Crippen molar-refractivity contribution in [3.05, 3.63) is 46.2 Å². The third-order valence-electron chi connectivity index (χ3n) is 2.81.